The van der Waals surface area contributed by atoms with Crippen LogP contribution in [0.15, 0.2) is 24.3 Å². The Labute approximate surface area is 111 Å². The Morgan fingerprint density at radius 1 is 1.33 bits per heavy atom. The van der Waals surface area contributed by atoms with E-state index in [1.807, 2.05) is 19.9 Å². The van der Waals surface area contributed by atoms with E-state index < -0.39 is 0 Å². The van der Waals surface area contributed by atoms with E-state index in [1.54, 1.807) is 0 Å². The van der Waals surface area contributed by atoms with Crippen LogP contribution >= 0.6 is 0 Å². The number of pyridine rings is 1. The zero-order valence-corrected chi connectivity index (χ0v) is 12.4. The predicted molar refractivity (Wildman–Crippen MR) is 77.0 cm³/mol. The first-order chi connectivity index (χ1) is 8.34. The number of hydrogen-bond acceptors (Lipinski definition) is 2. The summed E-state index contributed by atoms with van der Waals surface area (Å²) in [6, 6.07) is 4.14. The van der Waals surface area contributed by atoms with E-state index in [0.717, 1.165) is 23.6 Å². The molecule has 1 unspecified atom stereocenters. The first-order valence-corrected chi connectivity index (χ1v) is 6.59. The third-order valence-corrected chi connectivity index (χ3v) is 3.16. The first-order valence-electron chi connectivity index (χ1n) is 6.59. The van der Waals surface area contributed by atoms with Gasteiger partial charge in [0.25, 0.3) is 0 Å². The SMILES string of the molecule is C/C=C\Cc1ccc(C)nc1OC(C)C(C)(C)C. The molecule has 1 aromatic heterocycles. The summed E-state index contributed by atoms with van der Waals surface area (Å²) in [6.07, 6.45) is 5.18. The highest BCUT2D eigenvalue weighted by molar-refractivity contribution is 5.30. The lowest BCUT2D eigenvalue weighted by Crippen LogP contribution is -2.29. The number of rotatable bonds is 4. The van der Waals surface area contributed by atoms with Gasteiger partial charge in [-0.15, -0.1) is 0 Å². The van der Waals surface area contributed by atoms with Gasteiger partial charge in [0.15, 0.2) is 0 Å². The predicted octanol–water partition coefficient (Wildman–Crippen LogP) is 4.32. The molecular formula is C16H25NO. The topological polar surface area (TPSA) is 22.1 Å². The molecule has 0 amide bonds. The zero-order chi connectivity index (χ0) is 13.8. The van der Waals surface area contributed by atoms with Gasteiger partial charge in [0.2, 0.25) is 5.88 Å². The minimum atomic E-state index is 0.114. The maximum Gasteiger partial charge on any atom is 0.217 e. The summed E-state index contributed by atoms with van der Waals surface area (Å²) in [6.45, 7) is 12.7. The van der Waals surface area contributed by atoms with Gasteiger partial charge in [-0.2, -0.15) is 0 Å². The van der Waals surface area contributed by atoms with Crippen LogP contribution in [0.1, 0.15) is 45.9 Å². The molecule has 2 nitrogen and oxygen atoms in total. The Morgan fingerprint density at radius 3 is 2.56 bits per heavy atom. The number of nitrogens with zero attached hydrogens (tertiary/aromatic N) is 1. The van der Waals surface area contributed by atoms with Gasteiger partial charge in [-0.1, -0.05) is 39.0 Å². The van der Waals surface area contributed by atoms with E-state index in [-0.39, 0.29) is 11.5 Å². The van der Waals surface area contributed by atoms with Crippen molar-refractivity contribution in [3.63, 3.8) is 0 Å². The Balaban J connectivity index is 2.95. The second-order valence-electron chi connectivity index (χ2n) is 5.82. The number of allylic oxidation sites excluding steroid dienone is 2. The van der Waals surface area contributed by atoms with E-state index in [2.05, 4.69) is 50.9 Å². The monoisotopic (exact) mass is 247 g/mol. The summed E-state index contributed by atoms with van der Waals surface area (Å²) in [7, 11) is 0. The summed E-state index contributed by atoms with van der Waals surface area (Å²) in [5.74, 6) is 0.774. The van der Waals surface area contributed by atoms with Crippen LogP contribution in [0.25, 0.3) is 0 Å². The van der Waals surface area contributed by atoms with Gasteiger partial charge < -0.3 is 4.74 Å². The van der Waals surface area contributed by atoms with E-state index >= 15 is 0 Å². The molecule has 1 rings (SSSR count). The molecule has 0 aromatic carbocycles. The normalized spacial score (nSPS) is 13.9. The van der Waals surface area contributed by atoms with Crippen LogP contribution in [0.3, 0.4) is 0 Å². The lowest BCUT2D eigenvalue weighted by molar-refractivity contribution is 0.0973. The zero-order valence-electron chi connectivity index (χ0n) is 12.4. The lowest BCUT2D eigenvalue weighted by atomic mass is 9.90. The molecule has 0 radical (unpaired) electrons. The molecule has 0 saturated carbocycles. The molecule has 100 valence electrons. The third-order valence-electron chi connectivity index (χ3n) is 3.16. The van der Waals surface area contributed by atoms with E-state index in [0.29, 0.717) is 0 Å². The first kappa shape index (κ1) is 14.7. The van der Waals surface area contributed by atoms with Crippen molar-refractivity contribution in [2.45, 2.75) is 54.1 Å². The van der Waals surface area contributed by atoms with Crippen molar-refractivity contribution in [1.29, 1.82) is 0 Å². The lowest BCUT2D eigenvalue weighted by Gasteiger charge is -2.28. The van der Waals surface area contributed by atoms with Crippen LogP contribution in [0.4, 0.5) is 0 Å². The summed E-state index contributed by atoms with van der Waals surface area (Å²) in [5, 5.41) is 0. The van der Waals surface area contributed by atoms with Gasteiger partial charge in [-0.3, -0.25) is 0 Å². The number of ether oxygens (including phenoxy) is 1. The van der Waals surface area contributed by atoms with Gasteiger partial charge in [-0.25, -0.2) is 4.98 Å². The van der Waals surface area contributed by atoms with Crippen molar-refractivity contribution in [2.75, 3.05) is 0 Å². The Kier molecular flexibility index (Phi) is 4.94. The van der Waals surface area contributed by atoms with Gasteiger partial charge in [0.1, 0.15) is 6.10 Å². The molecule has 0 spiro atoms. The number of aromatic nitrogens is 1. The summed E-state index contributed by atoms with van der Waals surface area (Å²) < 4.78 is 6.04. The fraction of sp³-hybridized carbons (Fsp3) is 0.562. The van der Waals surface area contributed by atoms with E-state index in [1.165, 1.54) is 0 Å². The summed E-state index contributed by atoms with van der Waals surface area (Å²) in [4.78, 5) is 4.52. The molecule has 0 aliphatic heterocycles. The Morgan fingerprint density at radius 2 is 2.00 bits per heavy atom. The van der Waals surface area contributed by atoms with Gasteiger partial charge in [0, 0.05) is 11.3 Å². The molecular weight excluding hydrogens is 222 g/mol. The highest BCUT2D eigenvalue weighted by atomic mass is 16.5. The molecule has 2 heteroatoms. The van der Waals surface area contributed by atoms with E-state index in [4.69, 9.17) is 4.74 Å². The molecule has 1 heterocycles. The second-order valence-corrected chi connectivity index (χ2v) is 5.82. The van der Waals surface area contributed by atoms with Crippen LogP contribution in [-0.4, -0.2) is 11.1 Å². The molecule has 0 N–H and O–H groups in total. The van der Waals surface area contributed by atoms with Gasteiger partial charge in [0.05, 0.1) is 0 Å². The fourth-order valence-corrected chi connectivity index (χ4v) is 1.41. The largest absolute Gasteiger partial charge is 0.474 e. The number of hydrogen-bond donors (Lipinski definition) is 0. The van der Waals surface area contributed by atoms with Crippen LogP contribution in [-0.2, 0) is 6.42 Å². The minimum Gasteiger partial charge on any atom is -0.474 e. The minimum absolute atomic E-state index is 0.114. The molecule has 1 aromatic rings. The molecule has 0 saturated heterocycles. The third kappa shape index (κ3) is 4.17. The molecule has 0 bridgehead atoms. The average Bonchev–Trinajstić information content (AvgIpc) is 2.26. The quantitative estimate of drug-likeness (QED) is 0.739. The number of aryl methyl sites for hydroxylation is 1. The van der Waals surface area contributed by atoms with Crippen molar-refractivity contribution in [2.24, 2.45) is 5.41 Å². The van der Waals surface area contributed by atoms with Crippen molar-refractivity contribution >= 4 is 0 Å². The molecule has 0 aliphatic carbocycles. The van der Waals surface area contributed by atoms with Crippen molar-refractivity contribution in [3.05, 3.63) is 35.5 Å². The molecule has 18 heavy (non-hydrogen) atoms. The molecule has 0 aliphatic rings. The average molecular weight is 247 g/mol. The van der Waals surface area contributed by atoms with Crippen LogP contribution < -0.4 is 4.74 Å². The summed E-state index contributed by atoms with van der Waals surface area (Å²) in [5.41, 5.74) is 2.26. The molecule has 1 atom stereocenters. The highest BCUT2D eigenvalue weighted by Crippen LogP contribution is 2.26. The van der Waals surface area contributed by atoms with Crippen molar-refractivity contribution in [3.8, 4) is 5.88 Å². The Bertz CT molecular complexity index is 416. The molecule has 0 fully saturated rings. The van der Waals surface area contributed by atoms with Crippen LogP contribution in [0.2, 0.25) is 0 Å². The van der Waals surface area contributed by atoms with Gasteiger partial charge >= 0.3 is 0 Å². The standard InChI is InChI=1S/C16H25NO/c1-7-8-9-14-11-10-12(2)17-15(14)18-13(3)16(4,5)6/h7-8,10-11,13H,9H2,1-6H3/b8-7-. The van der Waals surface area contributed by atoms with Crippen molar-refractivity contribution < 1.29 is 4.74 Å². The van der Waals surface area contributed by atoms with Crippen LogP contribution in [0.5, 0.6) is 5.88 Å². The second kappa shape index (κ2) is 6.03. The fourth-order valence-electron chi connectivity index (χ4n) is 1.41. The highest BCUT2D eigenvalue weighted by Gasteiger charge is 2.23. The van der Waals surface area contributed by atoms with Crippen LogP contribution in [0, 0.1) is 12.3 Å². The van der Waals surface area contributed by atoms with Crippen molar-refractivity contribution in [1.82, 2.24) is 4.98 Å². The summed E-state index contributed by atoms with van der Waals surface area (Å²) >= 11 is 0. The maximum absolute atomic E-state index is 6.04. The van der Waals surface area contributed by atoms with Gasteiger partial charge in [-0.05, 0) is 38.7 Å². The smallest absolute Gasteiger partial charge is 0.217 e. The maximum atomic E-state index is 6.04. The Hall–Kier alpha value is -1.31. The van der Waals surface area contributed by atoms with E-state index in [9.17, 15) is 0 Å².